The maximum Gasteiger partial charge on any atom is 0.339 e. The zero-order chi connectivity index (χ0) is 22.0. The number of nitrogens with one attached hydrogen (secondary N) is 1. The largest absolute Gasteiger partial charge is 0.449 e. The minimum atomic E-state index is -0.917. The van der Waals surface area contributed by atoms with Crippen LogP contribution in [0.2, 0.25) is 0 Å². The van der Waals surface area contributed by atoms with E-state index in [4.69, 9.17) is 9.72 Å². The minimum Gasteiger partial charge on any atom is -0.449 e. The summed E-state index contributed by atoms with van der Waals surface area (Å²) in [7, 11) is 0. The van der Waals surface area contributed by atoms with Gasteiger partial charge in [-0.2, -0.15) is 0 Å². The standard InChI is InChI=1S/C26H28N2O3/c1-16-10-9-11-17(2)24(16)28-25(29)18(3)31-26(30)23-19-12-5-4-6-14-21(19)27-22-15-8-7-13-20(22)23/h7-11,13,15,18H,4-6,12,14H2,1-3H3,(H,28,29)/t18-/m0/s1. The highest BCUT2D eigenvalue weighted by molar-refractivity contribution is 6.06. The maximum absolute atomic E-state index is 13.3. The highest BCUT2D eigenvalue weighted by Crippen LogP contribution is 2.29. The Hall–Kier alpha value is -3.21. The number of pyridine rings is 1. The number of aryl methyl sites for hydroxylation is 3. The summed E-state index contributed by atoms with van der Waals surface area (Å²) in [4.78, 5) is 30.9. The molecule has 0 radical (unpaired) electrons. The monoisotopic (exact) mass is 416 g/mol. The Kier molecular flexibility index (Phi) is 6.03. The van der Waals surface area contributed by atoms with Crippen molar-refractivity contribution in [3.05, 3.63) is 70.4 Å². The first-order valence-corrected chi connectivity index (χ1v) is 10.9. The topological polar surface area (TPSA) is 68.3 Å². The number of carbonyl (C=O) groups excluding carboxylic acids is 2. The molecule has 1 aliphatic carbocycles. The van der Waals surface area contributed by atoms with Crippen molar-refractivity contribution < 1.29 is 14.3 Å². The zero-order valence-corrected chi connectivity index (χ0v) is 18.3. The lowest BCUT2D eigenvalue weighted by Crippen LogP contribution is -2.31. The van der Waals surface area contributed by atoms with Crippen LogP contribution in [0.4, 0.5) is 5.69 Å². The molecule has 0 aliphatic heterocycles. The zero-order valence-electron chi connectivity index (χ0n) is 18.3. The molecular weight excluding hydrogens is 388 g/mol. The summed E-state index contributed by atoms with van der Waals surface area (Å²) in [5, 5.41) is 3.70. The van der Waals surface area contributed by atoms with Crippen molar-refractivity contribution in [2.45, 2.75) is 59.0 Å². The number of ether oxygens (including phenoxy) is 1. The average molecular weight is 417 g/mol. The first-order chi connectivity index (χ1) is 15.0. The van der Waals surface area contributed by atoms with Crippen LogP contribution in [-0.4, -0.2) is 23.0 Å². The van der Waals surface area contributed by atoms with Gasteiger partial charge in [-0.25, -0.2) is 4.79 Å². The summed E-state index contributed by atoms with van der Waals surface area (Å²) >= 11 is 0. The number of amides is 1. The van der Waals surface area contributed by atoms with E-state index < -0.39 is 12.1 Å². The minimum absolute atomic E-state index is 0.338. The normalized spacial score (nSPS) is 14.4. The molecule has 1 aliphatic rings. The fraction of sp³-hybridized carbons (Fsp3) is 0.346. The lowest BCUT2D eigenvalue weighted by Gasteiger charge is -2.19. The summed E-state index contributed by atoms with van der Waals surface area (Å²) in [6.45, 7) is 5.50. The SMILES string of the molecule is Cc1cccc(C)c1NC(=O)[C@H](C)OC(=O)c1c2c(nc3ccccc13)CCCCC2. The summed E-state index contributed by atoms with van der Waals surface area (Å²) in [5.41, 5.74) is 6.02. The van der Waals surface area contributed by atoms with Crippen molar-refractivity contribution in [3.8, 4) is 0 Å². The number of carbonyl (C=O) groups is 2. The Morgan fingerprint density at radius 3 is 2.45 bits per heavy atom. The van der Waals surface area contributed by atoms with Gasteiger partial charge in [-0.15, -0.1) is 0 Å². The number of benzene rings is 2. The molecule has 1 amide bonds. The Morgan fingerprint density at radius 2 is 1.68 bits per heavy atom. The van der Waals surface area contributed by atoms with Crippen LogP contribution in [0.5, 0.6) is 0 Å². The van der Waals surface area contributed by atoms with Gasteiger partial charge in [0, 0.05) is 16.8 Å². The molecule has 0 saturated heterocycles. The van der Waals surface area contributed by atoms with Gasteiger partial charge in [0.2, 0.25) is 0 Å². The van der Waals surface area contributed by atoms with Crippen molar-refractivity contribution in [2.75, 3.05) is 5.32 Å². The molecule has 3 aromatic rings. The van der Waals surface area contributed by atoms with Crippen molar-refractivity contribution in [1.29, 1.82) is 0 Å². The van der Waals surface area contributed by atoms with Gasteiger partial charge in [-0.05, 0) is 69.2 Å². The molecule has 0 bridgehead atoms. The van der Waals surface area contributed by atoms with E-state index in [1.165, 1.54) is 0 Å². The number of hydrogen-bond donors (Lipinski definition) is 1. The van der Waals surface area contributed by atoms with Crippen LogP contribution in [0.25, 0.3) is 10.9 Å². The van der Waals surface area contributed by atoms with Crippen LogP contribution in [-0.2, 0) is 22.4 Å². The Morgan fingerprint density at radius 1 is 0.968 bits per heavy atom. The lowest BCUT2D eigenvalue weighted by molar-refractivity contribution is -0.123. The predicted molar refractivity (Wildman–Crippen MR) is 122 cm³/mol. The average Bonchev–Trinajstić information content (AvgIpc) is 2.99. The quantitative estimate of drug-likeness (QED) is 0.463. The first kappa shape index (κ1) is 21.0. The molecule has 160 valence electrons. The summed E-state index contributed by atoms with van der Waals surface area (Å²) < 4.78 is 5.69. The summed E-state index contributed by atoms with van der Waals surface area (Å²) in [6, 6.07) is 13.5. The van der Waals surface area contributed by atoms with Crippen LogP contribution in [0.3, 0.4) is 0 Å². The lowest BCUT2D eigenvalue weighted by atomic mass is 9.97. The number of fused-ring (bicyclic) bond motifs is 2. The van der Waals surface area contributed by atoms with E-state index in [9.17, 15) is 9.59 Å². The Balaban J connectivity index is 1.62. The highest BCUT2D eigenvalue weighted by atomic mass is 16.5. The number of para-hydroxylation sites is 2. The van der Waals surface area contributed by atoms with Gasteiger partial charge in [0.15, 0.2) is 6.10 Å². The number of aromatic nitrogens is 1. The van der Waals surface area contributed by atoms with Gasteiger partial charge in [-0.3, -0.25) is 9.78 Å². The number of rotatable bonds is 4. The molecular formula is C26H28N2O3. The molecule has 5 nitrogen and oxygen atoms in total. The molecule has 2 aromatic carbocycles. The molecule has 31 heavy (non-hydrogen) atoms. The second kappa shape index (κ2) is 8.88. The van der Waals surface area contributed by atoms with Crippen molar-refractivity contribution in [1.82, 2.24) is 4.98 Å². The third-order valence-corrected chi connectivity index (χ3v) is 6.01. The van der Waals surface area contributed by atoms with E-state index in [2.05, 4.69) is 5.32 Å². The van der Waals surface area contributed by atoms with E-state index in [0.29, 0.717) is 5.56 Å². The van der Waals surface area contributed by atoms with Gasteiger partial charge >= 0.3 is 5.97 Å². The van der Waals surface area contributed by atoms with Gasteiger partial charge in [0.05, 0.1) is 11.1 Å². The molecule has 0 unspecified atom stereocenters. The molecule has 0 saturated carbocycles. The molecule has 1 heterocycles. The first-order valence-electron chi connectivity index (χ1n) is 10.9. The van der Waals surface area contributed by atoms with Crippen molar-refractivity contribution >= 4 is 28.5 Å². The molecule has 1 N–H and O–H groups in total. The van der Waals surface area contributed by atoms with Gasteiger partial charge in [0.1, 0.15) is 0 Å². The van der Waals surface area contributed by atoms with E-state index in [-0.39, 0.29) is 5.91 Å². The second-order valence-corrected chi connectivity index (χ2v) is 8.29. The van der Waals surface area contributed by atoms with Crippen molar-refractivity contribution in [3.63, 3.8) is 0 Å². The number of nitrogens with zero attached hydrogens (tertiary/aromatic N) is 1. The van der Waals surface area contributed by atoms with Crippen LogP contribution < -0.4 is 5.32 Å². The molecule has 1 atom stereocenters. The number of anilines is 1. The molecule has 1 aromatic heterocycles. The van der Waals surface area contributed by atoms with Crippen LogP contribution in [0, 0.1) is 13.8 Å². The molecule has 0 spiro atoms. The third kappa shape index (κ3) is 4.31. The van der Waals surface area contributed by atoms with Gasteiger partial charge in [-0.1, -0.05) is 42.8 Å². The smallest absolute Gasteiger partial charge is 0.339 e. The second-order valence-electron chi connectivity index (χ2n) is 8.29. The molecule has 0 fully saturated rings. The third-order valence-electron chi connectivity index (χ3n) is 6.01. The number of esters is 1. The summed E-state index contributed by atoms with van der Waals surface area (Å²) in [6.07, 6.45) is 3.97. The van der Waals surface area contributed by atoms with E-state index in [0.717, 1.165) is 71.1 Å². The van der Waals surface area contributed by atoms with E-state index >= 15 is 0 Å². The maximum atomic E-state index is 13.3. The van der Waals surface area contributed by atoms with Crippen LogP contribution in [0.1, 0.15) is 58.9 Å². The van der Waals surface area contributed by atoms with Gasteiger partial charge in [0.25, 0.3) is 5.91 Å². The van der Waals surface area contributed by atoms with Gasteiger partial charge < -0.3 is 10.1 Å². The highest BCUT2D eigenvalue weighted by Gasteiger charge is 2.26. The van der Waals surface area contributed by atoms with E-state index in [1.54, 1.807) is 6.92 Å². The van der Waals surface area contributed by atoms with E-state index in [1.807, 2.05) is 56.3 Å². The Bertz CT molecular complexity index is 1130. The molecule has 5 heteroatoms. The molecule has 4 rings (SSSR count). The fourth-order valence-corrected chi connectivity index (χ4v) is 4.29. The van der Waals surface area contributed by atoms with Crippen LogP contribution in [0.15, 0.2) is 42.5 Å². The van der Waals surface area contributed by atoms with Crippen molar-refractivity contribution in [2.24, 2.45) is 0 Å². The predicted octanol–water partition coefficient (Wildman–Crippen LogP) is 5.30. The summed E-state index contributed by atoms with van der Waals surface area (Å²) in [5.74, 6) is -0.795. The fourth-order valence-electron chi connectivity index (χ4n) is 4.29. The number of hydrogen-bond acceptors (Lipinski definition) is 4. The van der Waals surface area contributed by atoms with Crippen LogP contribution >= 0.6 is 0 Å². The Labute approximate surface area is 182 Å².